The third-order valence-corrected chi connectivity index (χ3v) is 2.54. The molecule has 0 radical (unpaired) electrons. The normalized spacial score (nSPS) is 11.9. The first-order chi connectivity index (χ1) is 9.85. The Morgan fingerprint density at radius 2 is 2.05 bits per heavy atom. The van der Waals surface area contributed by atoms with Crippen molar-refractivity contribution in [3.63, 3.8) is 0 Å². The molecule has 0 aromatic heterocycles. The number of hydrogen-bond donors (Lipinski definition) is 1. The summed E-state index contributed by atoms with van der Waals surface area (Å²) in [5, 5.41) is 13.9. The summed E-state index contributed by atoms with van der Waals surface area (Å²) in [6.07, 6.45) is -0.193. The number of nitro benzene ring substituents is 1. The van der Waals surface area contributed by atoms with E-state index in [-0.39, 0.29) is 23.5 Å². The summed E-state index contributed by atoms with van der Waals surface area (Å²) in [5.41, 5.74) is 0.440. The minimum absolute atomic E-state index is 0.113. The first-order valence-corrected chi connectivity index (χ1v) is 6.73. The van der Waals surface area contributed by atoms with Crippen LogP contribution in [-0.2, 0) is 9.53 Å². The summed E-state index contributed by atoms with van der Waals surface area (Å²) < 4.78 is 10.3. The fourth-order valence-electron chi connectivity index (χ4n) is 1.68. The average molecular weight is 296 g/mol. The second-order valence-electron chi connectivity index (χ2n) is 4.72. The molecule has 0 aliphatic heterocycles. The molecule has 1 N–H and O–H groups in total. The molecular weight excluding hydrogens is 276 g/mol. The van der Waals surface area contributed by atoms with Gasteiger partial charge in [0.2, 0.25) is 0 Å². The Balaban J connectivity index is 2.94. The smallest absolute Gasteiger partial charge is 0.328 e. The summed E-state index contributed by atoms with van der Waals surface area (Å²) in [6, 6.07) is 3.82. The van der Waals surface area contributed by atoms with Gasteiger partial charge in [0.05, 0.1) is 17.6 Å². The molecule has 1 rings (SSSR count). The summed E-state index contributed by atoms with van der Waals surface area (Å²) in [7, 11) is 0. The highest BCUT2D eigenvalue weighted by Gasteiger charge is 2.19. The summed E-state index contributed by atoms with van der Waals surface area (Å²) in [5.74, 6) is -0.224. The van der Waals surface area contributed by atoms with Crippen molar-refractivity contribution in [2.75, 3.05) is 11.9 Å². The number of nitrogens with one attached hydrogen (secondary N) is 1. The Kier molecular flexibility index (Phi) is 5.95. The highest BCUT2D eigenvalue weighted by Crippen LogP contribution is 2.31. The zero-order valence-electron chi connectivity index (χ0n) is 12.6. The molecule has 0 aliphatic carbocycles. The van der Waals surface area contributed by atoms with Crippen LogP contribution < -0.4 is 10.1 Å². The summed E-state index contributed by atoms with van der Waals surface area (Å²) in [6.45, 7) is 7.25. The van der Waals surface area contributed by atoms with E-state index in [2.05, 4.69) is 5.32 Å². The average Bonchev–Trinajstić information content (AvgIpc) is 2.38. The molecule has 7 heteroatoms. The maximum atomic E-state index is 11.6. The molecule has 0 aliphatic rings. The van der Waals surface area contributed by atoms with E-state index in [0.717, 1.165) is 0 Å². The molecule has 1 atom stereocenters. The number of anilines is 1. The topological polar surface area (TPSA) is 90.7 Å². The highest BCUT2D eigenvalue weighted by molar-refractivity contribution is 5.79. The second-order valence-corrected chi connectivity index (χ2v) is 4.72. The van der Waals surface area contributed by atoms with Crippen molar-refractivity contribution < 1.29 is 19.2 Å². The first kappa shape index (κ1) is 16.7. The van der Waals surface area contributed by atoms with Crippen LogP contribution in [0.4, 0.5) is 11.4 Å². The minimum Gasteiger partial charge on any atom is -0.484 e. The molecular formula is C14H20N2O5. The van der Waals surface area contributed by atoms with Gasteiger partial charge in [0.25, 0.3) is 0 Å². The van der Waals surface area contributed by atoms with Crippen LogP contribution in [0.1, 0.15) is 27.7 Å². The molecule has 1 aromatic rings. The van der Waals surface area contributed by atoms with Gasteiger partial charge >= 0.3 is 11.7 Å². The Hall–Kier alpha value is -2.31. The van der Waals surface area contributed by atoms with Gasteiger partial charge in [0.15, 0.2) is 5.75 Å². The number of hydrogen-bond acceptors (Lipinski definition) is 6. The van der Waals surface area contributed by atoms with Crippen LogP contribution in [0.25, 0.3) is 0 Å². The van der Waals surface area contributed by atoms with Gasteiger partial charge in [0, 0.05) is 17.8 Å². The molecule has 1 unspecified atom stereocenters. The number of esters is 1. The minimum atomic E-state index is -0.557. The molecule has 0 amide bonds. The standard InChI is InChI=1S/C14H20N2O5/c1-5-20-14(17)10(4)15-11-6-7-12(16(18)19)13(8-11)21-9(2)3/h6-10,15H,5H2,1-4H3. The van der Waals surface area contributed by atoms with Crippen LogP contribution in [0.2, 0.25) is 0 Å². The molecule has 0 saturated heterocycles. The lowest BCUT2D eigenvalue weighted by Crippen LogP contribution is -2.28. The fraction of sp³-hybridized carbons (Fsp3) is 0.500. The van der Waals surface area contributed by atoms with Crippen LogP contribution in [-0.4, -0.2) is 29.6 Å². The van der Waals surface area contributed by atoms with E-state index in [4.69, 9.17) is 9.47 Å². The number of rotatable bonds is 7. The predicted molar refractivity (Wildman–Crippen MR) is 78.6 cm³/mol. The van der Waals surface area contributed by atoms with Crippen molar-refractivity contribution in [3.05, 3.63) is 28.3 Å². The molecule has 0 fully saturated rings. The highest BCUT2D eigenvalue weighted by atomic mass is 16.6. The third-order valence-electron chi connectivity index (χ3n) is 2.54. The molecule has 21 heavy (non-hydrogen) atoms. The summed E-state index contributed by atoms with van der Waals surface area (Å²) in [4.78, 5) is 22.0. The zero-order chi connectivity index (χ0) is 16.0. The number of ether oxygens (including phenoxy) is 2. The van der Waals surface area contributed by atoms with E-state index < -0.39 is 11.0 Å². The van der Waals surface area contributed by atoms with Crippen LogP contribution in [0.3, 0.4) is 0 Å². The van der Waals surface area contributed by atoms with E-state index in [0.29, 0.717) is 12.3 Å². The van der Waals surface area contributed by atoms with Crippen molar-refractivity contribution in [1.82, 2.24) is 0 Å². The van der Waals surface area contributed by atoms with E-state index in [1.807, 2.05) is 0 Å². The number of benzene rings is 1. The molecule has 0 spiro atoms. The molecule has 0 bridgehead atoms. The van der Waals surface area contributed by atoms with Gasteiger partial charge in [-0.3, -0.25) is 10.1 Å². The van der Waals surface area contributed by atoms with Gasteiger partial charge in [-0.15, -0.1) is 0 Å². The van der Waals surface area contributed by atoms with Gasteiger partial charge < -0.3 is 14.8 Å². The van der Waals surface area contributed by atoms with Crippen LogP contribution in [0.15, 0.2) is 18.2 Å². The Labute approximate surface area is 123 Å². The SMILES string of the molecule is CCOC(=O)C(C)Nc1ccc([N+](=O)[O-])c(OC(C)C)c1. The maximum Gasteiger partial charge on any atom is 0.328 e. The number of carbonyl (C=O) groups excluding carboxylic acids is 1. The lowest BCUT2D eigenvalue weighted by Gasteiger charge is -2.16. The van der Waals surface area contributed by atoms with Gasteiger partial charge in [-0.25, -0.2) is 4.79 Å². The zero-order valence-corrected chi connectivity index (χ0v) is 12.6. The van der Waals surface area contributed by atoms with Gasteiger partial charge in [0.1, 0.15) is 6.04 Å². The second kappa shape index (κ2) is 7.47. The van der Waals surface area contributed by atoms with E-state index in [1.165, 1.54) is 18.2 Å². The van der Waals surface area contributed by atoms with E-state index in [9.17, 15) is 14.9 Å². The first-order valence-electron chi connectivity index (χ1n) is 6.73. The molecule has 7 nitrogen and oxygen atoms in total. The lowest BCUT2D eigenvalue weighted by molar-refractivity contribution is -0.386. The van der Waals surface area contributed by atoms with Crippen molar-refractivity contribution >= 4 is 17.3 Å². The van der Waals surface area contributed by atoms with Gasteiger partial charge in [-0.2, -0.15) is 0 Å². The molecule has 1 aromatic carbocycles. The van der Waals surface area contributed by atoms with Crippen LogP contribution >= 0.6 is 0 Å². The van der Waals surface area contributed by atoms with Crippen molar-refractivity contribution in [2.24, 2.45) is 0 Å². The third kappa shape index (κ3) is 4.94. The van der Waals surface area contributed by atoms with Gasteiger partial charge in [-0.05, 0) is 33.8 Å². The maximum absolute atomic E-state index is 11.6. The molecule has 116 valence electrons. The lowest BCUT2D eigenvalue weighted by atomic mass is 10.2. The van der Waals surface area contributed by atoms with Crippen molar-refractivity contribution in [1.29, 1.82) is 0 Å². The quantitative estimate of drug-likeness (QED) is 0.472. The molecule has 0 heterocycles. The molecule has 0 saturated carbocycles. The van der Waals surface area contributed by atoms with Crippen molar-refractivity contribution in [3.8, 4) is 5.75 Å². The predicted octanol–water partition coefficient (Wildman–Crippen LogP) is 2.75. The fourth-order valence-corrected chi connectivity index (χ4v) is 1.68. The van der Waals surface area contributed by atoms with Gasteiger partial charge in [-0.1, -0.05) is 0 Å². The Morgan fingerprint density at radius 3 is 2.57 bits per heavy atom. The number of nitro groups is 1. The number of nitrogens with zero attached hydrogens (tertiary/aromatic N) is 1. The largest absolute Gasteiger partial charge is 0.484 e. The Morgan fingerprint density at radius 1 is 1.38 bits per heavy atom. The van der Waals surface area contributed by atoms with E-state index in [1.54, 1.807) is 27.7 Å². The van der Waals surface area contributed by atoms with Crippen LogP contribution in [0, 0.1) is 10.1 Å². The van der Waals surface area contributed by atoms with Crippen LogP contribution in [0.5, 0.6) is 5.75 Å². The Bertz CT molecular complexity index is 516. The van der Waals surface area contributed by atoms with E-state index >= 15 is 0 Å². The number of carbonyl (C=O) groups is 1. The van der Waals surface area contributed by atoms with Crippen molar-refractivity contribution in [2.45, 2.75) is 39.8 Å². The summed E-state index contributed by atoms with van der Waals surface area (Å²) >= 11 is 0. The monoisotopic (exact) mass is 296 g/mol.